The molecule has 0 radical (unpaired) electrons. The molecule has 0 aliphatic carbocycles. The molecule has 168 valence electrons. The predicted molar refractivity (Wildman–Crippen MR) is 113 cm³/mol. The van der Waals surface area contributed by atoms with Gasteiger partial charge in [-0.15, -0.1) is 0 Å². The predicted octanol–water partition coefficient (Wildman–Crippen LogP) is 3.94. The first-order chi connectivity index (χ1) is 14.0. The number of quaternary nitrogens is 1. The first-order valence-corrected chi connectivity index (χ1v) is 10.3. The topological polar surface area (TPSA) is 102 Å². The number of carboxylic acids is 1. The minimum Gasteiger partial charge on any atom is -0.477 e. The number of carbonyl (C=O) groups excluding carboxylic acids is 2. The standard InChI is InChI=1S/C22H34N2O6/c1-6-24(5,21(28)29-16-17-12-8-7-9-13-17)18(19(25)26)14-10-11-15-23-20(27)30-22(2,3)4/h7-9,12-13,18H,6,10-11,14-16H2,1-5H3,(H-,23,25,26,27)/p+1. The number of hydrogen-bond donors (Lipinski definition) is 2. The van der Waals surface area contributed by atoms with Crippen LogP contribution in [-0.2, 0) is 20.9 Å². The van der Waals surface area contributed by atoms with Gasteiger partial charge in [0.05, 0.1) is 13.6 Å². The molecule has 0 bridgehead atoms. The molecule has 0 saturated heterocycles. The highest BCUT2D eigenvalue weighted by Gasteiger charge is 2.44. The Morgan fingerprint density at radius 2 is 1.77 bits per heavy atom. The molecule has 8 nitrogen and oxygen atoms in total. The number of ether oxygens (including phenoxy) is 2. The maximum atomic E-state index is 12.7. The van der Waals surface area contributed by atoms with E-state index in [2.05, 4.69) is 5.32 Å². The summed E-state index contributed by atoms with van der Waals surface area (Å²) in [7, 11) is 1.59. The van der Waals surface area contributed by atoms with Crippen LogP contribution in [0.5, 0.6) is 0 Å². The normalized spacial score (nSPS) is 14.3. The highest BCUT2D eigenvalue weighted by Crippen LogP contribution is 2.20. The lowest BCUT2D eigenvalue weighted by Gasteiger charge is -2.34. The third-order valence-corrected chi connectivity index (χ3v) is 4.82. The van der Waals surface area contributed by atoms with Gasteiger partial charge in [0.25, 0.3) is 0 Å². The van der Waals surface area contributed by atoms with Gasteiger partial charge >= 0.3 is 18.2 Å². The van der Waals surface area contributed by atoms with Crippen molar-refractivity contribution < 1.29 is 33.4 Å². The zero-order chi connectivity index (χ0) is 22.8. The van der Waals surface area contributed by atoms with Crippen molar-refractivity contribution in [2.45, 2.75) is 65.2 Å². The summed E-state index contributed by atoms with van der Waals surface area (Å²) >= 11 is 0. The van der Waals surface area contributed by atoms with Crippen LogP contribution in [0.1, 0.15) is 52.5 Å². The van der Waals surface area contributed by atoms with Gasteiger partial charge in [0.1, 0.15) is 12.2 Å². The van der Waals surface area contributed by atoms with E-state index in [1.807, 2.05) is 30.3 Å². The van der Waals surface area contributed by atoms with Crippen LogP contribution in [-0.4, -0.2) is 59.5 Å². The fourth-order valence-electron chi connectivity index (χ4n) is 2.96. The summed E-state index contributed by atoms with van der Waals surface area (Å²) in [5, 5.41) is 12.4. The molecule has 0 fully saturated rings. The number of alkyl carbamates (subject to hydrolysis) is 1. The van der Waals surface area contributed by atoms with Gasteiger partial charge in [-0.3, -0.25) is 0 Å². The molecule has 1 aromatic rings. The largest absolute Gasteiger partial charge is 0.516 e. The lowest BCUT2D eigenvalue weighted by molar-refractivity contribution is -0.853. The number of rotatable bonds is 10. The Morgan fingerprint density at radius 3 is 2.30 bits per heavy atom. The van der Waals surface area contributed by atoms with Gasteiger partial charge < -0.3 is 19.9 Å². The molecule has 0 heterocycles. The third kappa shape index (κ3) is 8.41. The minimum absolute atomic E-state index is 0.0969. The molecule has 0 spiro atoms. The van der Waals surface area contributed by atoms with Gasteiger partial charge in [-0.2, -0.15) is 4.79 Å². The Kier molecular flexibility index (Phi) is 9.78. The Morgan fingerprint density at radius 1 is 1.13 bits per heavy atom. The average molecular weight is 424 g/mol. The minimum atomic E-state index is -1.05. The summed E-state index contributed by atoms with van der Waals surface area (Å²) in [6, 6.07) is 8.33. The molecule has 2 unspecified atom stereocenters. The summed E-state index contributed by atoms with van der Waals surface area (Å²) in [4.78, 5) is 36.3. The fourth-order valence-corrected chi connectivity index (χ4v) is 2.96. The van der Waals surface area contributed by atoms with Crippen LogP contribution in [0.25, 0.3) is 0 Å². The summed E-state index contributed by atoms with van der Waals surface area (Å²) in [5.74, 6) is -1.05. The molecule has 8 heteroatoms. The van der Waals surface area contributed by atoms with Crippen LogP contribution >= 0.6 is 0 Å². The van der Waals surface area contributed by atoms with E-state index in [1.54, 1.807) is 34.7 Å². The Labute approximate surface area is 178 Å². The van der Waals surface area contributed by atoms with E-state index in [0.717, 1.165) is 5.56 Å². The van der Waals surface area contributed by atoms with Crippen LogP contribution in [0.15, 0.2) is 30.3 Å². The fraction of sp³-hybridized carbons (Fsp3) is 0.591. The van der Waals surface area contributed by atoms with E-state index < -0.39 is 29.8 Å². The van der Waals surface area contributed by atoms with Gasteiger partial charge in [-0.05, 0) is 46.1 Å². The van der Waals surface area contributed by atoms with Crippen molar-refractivity contribution in [1.82, 2.24) is 5.32 Å². The van der Waals surface area contributed by atoms with E-state index in [4.69, 9.17) is 9.47 Å². The molecule has 0 aliphatic heterocycles. The van der Waals surface area contributed by atoms with Crippen LogP contribution in [0.2, 0.25) is 0 Å². The first-order valence-electron chi connectivity index (χ1n) is 10.3. The van der Waals surface area contributed by atoms with E-state index in [1.165, 1.54) is 0 Å². The molecule has 2 atom stereocenters. The number of hydrogen-bond acceptors (Lipinski definition) is 5. The molecular formula is C22H35N2O6+. The Bertz CT molecular complexity index is 701. The van der Waals surface area contributed by atoms with E-state index in [9.17, 15) is 19.5 Å². The maximum absolute atomic E-state index is 12.7. The number of carbonyl (C=O) groups is 3. The van der Waals surface area contributed by atoms with Crippen molar-refractivity contribution in [2.24, 2.45) is 0 Å². The maximum Gasteiger partial charge on any atom is 0.516 e. The first kappa shape index (κ1) is 25.4. The number of benzene rings is 1. The quantitative estimate of drug-likeness (QED) is 0.437. The van der Waals surface area contributed by atoms with Gasteiger partial charge in [0.15, 0.2) is 6.04 Å². The van der Waals surface area contributed by atoms with Crippen LogP contribution in [0.3, 0.4) is 0 Å². The van der Waals surface area contributed by atoms with E-state index in [-0.39, 0.29) is 17.5 Å². The van der Waals surface area contributed by atoms with E-state index >= 15 is 0 Å². The third-order valence-electron chi connectivity index (χ3n) is 4.82. The van der Waals surface area contributed by atoms with E-state index in [0.29, 0.717) is 25.9 Å². The van der Waals surface area contributed by atoms with Crippen molar-refractivity contribution in [2.75, 3.05) is 20.1 Å². The Balaban J connectivity index is 2.59. The summed E-state index contributed by atoms with van der Waals surface area (Å²) in [6.07, 6.45) is 0.325. The van der Waals surface area contributed by atoms with Crippen LogP contribution in [0, 0.1) is 0 Å². The molecule has 0 saturated carbocycles. The molecule has 0 aromatic heterocycles. The highest BCUT2D eigenvalue weighted by molar-refractivity contribution is 5.75. The molecule has 2 amide bonds. The number of aliphatic carboxylic acids is 1. The molecular weight excluding hydrogens is 388 g/mol. The second kappa shape index (κ2) is 11.5. The van der Waals surface area contributed by atoms with Gasteiger partial charge in [0, 0.05) is 13.0 Å². The number of carboxylic acid groups (broad SMARTS) is 1. The number of unbranched alkanes of at least 4 members (excludes halogenated alkanes) is 1. The molecule has 1 rings (SSSR count). The monoisotopic (exact) mass is 423 g/mol. The van der Waals surface area contributed by atoms with Crippen molar-refractivity contribution in [3.63, 3.8) is 0 Å². The SMILES string of the molecule is CC[N+](C)(C(=O)OCc1ccccc1)C(CCCCNC(=O)OC(C)(C)C)C(=O)O. The lowest BCUT2D eigenvalue weighted by Crippen LogP contribution is -2.59. The lowest BCUT2D eigenvalue weighted by atomic mass is 10.1. The van der Waals surface area contributed by atoms with Crippen LogP contribution in [0.4, 0.5) is 9.59 Å². The summed E-state index contributed by atoms with van der Waals surface area (Å²) < 4.78 is 10.2. The zero-order valence-electron chi connectivity index (χ0n) is 18.6. The number of nitrogens with one attached hydrogen (secondary N) is 1. The second-order valence-corrected chi connectivity index (χ2v) is 8.40. The number of likely N-dealkylation sites (N-methyl/N-ethyl adjacent to an activating group) is 1. The van der Waals surface area contributed by atoms with Crippen molar-refractivity contribution in [3.05, 3.63) is 35.9 Å². The summed E-state index contributed by atoms with van der Waals surface area (Å²) in [6.45, 7) is 7.87. The number of nitrogens with zero attached hydrogens (tertiary/aromatic N) is 1. The smallest absolute Gasteiger partial charge is 0.477 e. The van der Waals surface area contributed by atoms with Crippen molar-refractivity contribution in [1.29, 1.82) is 0 Å². The second-order valence-electron chi connectivity index (χ2n) is 8.40. The van der Waals surface area contributed by atoms with Crippen molar-refractivity contribution >= 4 is 18.2 Å². The van der Waals surface area contributed by atoms with Gasteiger partial charge in [-0.25, -0.2) is 14.1 Å². The summed E-state index contributed by atoms with van der Waals surface area (Å²) in [5.41, 5.74) is 0.271. The number of amides is 2. The van der Waals surface area contributed by atoms with Gasteiger partial charge in [-0.1, -0.05) is 30.3 Å². The molecule has 0 aliphatic rings. The molecule has 2 N–H and O–H groups in total. The molecule has 1 aromatic carbocycles. The average Bonchev–Trinajstić information content (AvgIpc) is 2.67. The Hall–Kier alpha value is -2.61. The van der Waals surface area contributed by atoms with Crippen molar-refractivity contribution in [3.8, 4) is 0 Å². The highest BCUT2D eigenvalue weighted by atomic mass is 16.6. The zero-order valence-corrected chi connectivity index (χ0v) is 18.6. The van der Waals surface area contributed by atoms with Crippen LogP contribution < -0.4 is 5.32 Å². The van der Waals surface area contributed by atoms with Gasteiger partial charge in [0.2, 0.25) is 0 Å². The molecule has 30 heavy (non-hydrogen) atoms.